The van der Waals surface area contributed by atoms with Crippen LogP contribution in [0.5, 0.6) is 0 Å². The van der Waals surface area contributed by atoms with Gasteiger partial charge in [-0.15, -0.1) is 0 Å². The van der Waals surface area contributed by atoms with Crippen molar-refractivity contribution in [1.29, 1.82) is 0 Å². The average Bonchev–Trinajstić information content (AvgIpc) is 3.07. The largest absolute Gasteiger partial charge is 0.389 e. The Bertz CT molecular complexity index is 1310. The molecule has 9 heteroatoms. The van der Waals surface area contributed by atoms with Crippen LogP contribution in [0, 0.1) is 6.92 Å². The average molecular weight is 519 g/mol. The zero-order valence-corrected chi connectivity index (χ0v) is 22.1. The highest BCUT2D eigenvalue weighted by Crippen LogP contribution is 2.33. The van der Waals surface area contributed by atoms with Gasteiger partial charge in [0.05, 0.1) is 41.0 Å². The van der Waals surface area contributed by atoms with E-state index in [1.165, 1.54) is 12.1 Å². The number of nitrogens with zero attached hydrogens (tertiary/aromatic N) is 1. The van der Waals surface area contributed by atoms with Gasteiger partial charge in [-0.05, 0) is 63.6 Å². The number of nitrogens with one attached hydrogen (secondary N) is 1. The molecule has 2 N–H and O–H groups in total. The van der Waals surface area contributed by atoms with Crippen molar-refractivity contribution in [1.82, 2.24) is 4.57 Å². The molecule has 0 spiro atoms. The van der Waals surface area contributed by atoms with Crippen LogP contribution >= 0.6 is 11.6 Å². The fourth-order valence-corrected chi connectivity index (χ4v) is 4.51. The van der Waals surface area contributed by atoms with Crippen molar-refractivity contribution in [2.24, 2.45) is 0 Å². The van der Waals surface area contributed by atoms with Crippen LogP contribution in [-0.4, -0.2) is 48.6 Å². The molecular weight excluding hydrogens is 488 g/mol. The number of aliphatic hydroxyl groups excluding tert-OH is 1. The van der Waals surface area contributed by atoms with Crippen LogP contribution in [0.2, 0.25) is 5.02 Å². The minimum Gasteiger partial charge on any atom is -0.389 e. The zero-order valence-electron chi connectivity index (χ0n) is 20.5. The summed E-state index contributed by atoms with van der Waals surface area (Å²) in [6, 6.07) is 13.3. The molecule has 0 aliphatic carbocycles. The first-order chi connectivity index (χ1) is 16.3. The van der Waals surface area contributed by atoms with Gasteiger partial charge in [-0.1, -0.05) is 29.8 Å². The fraction of sp³-hybridized carbons (Fsp3) is 0.346. The summed E-state index contributed by atoms with van der Waals surface area (Å²) >= 11 is 6.48. The summed E-state index contributed by atoms with van der Waals surface area (Å²) in [6.07, 6.45) is 2.01. The second kappa shape index (κ2) is 10.5. The molecule has 1 amide bonds. The minimum atomic E-state index is -3.33. The molecule has 0 fully saturated rings. The van der Waals surface area contributed by atoms with Crippen molar-refractivity contribution in [3.05, 3.63) is 70.9 Å². The predicted molar refractivity (Wildman–Crippen MR) is 139 cm³/mol. The first-order valence-electron chi connectivity index (χ1n) is 11.1. The molecule has 0 saturated heterocycles. The molecule has 1 heterocycles. The standard InChI is InChI=1S/C26H31ClN2O5S/c1-17-22(25(31)28-18-10-12-20(13-11-18)35(5,32)33)15-29(14-19(30)16-34-26(2,3)4)24(17)21-8-6-7-9-23(21)27/h6-13,15,19,30H,14,16H2,1-5H3,(H,28,31). The number of anilines is 1. The SMILES string of the molecule is Cc1c(C(=O)Nc2ccc(S(C)(=O)=O)cc2)cn(CC(O)COC(C)(C)C)c1-c1ccccc1Cl. The second-order valence-corrected chi connectivity index (χ2v) is 11.9. The Kier molecular flexibility index (Phi) is 8.11. The van der Waals surface area contributed by atoms with E-state index in [2.05, 4.69) is 5.32 Å². The highest BCUT2D eigenvalue weighted by atomic mass is 35.5. The molecule has 0 saturated carbocycles. The quantitative estimate of drug-likeness (QED) is 0.440. The number of ether oxygens (including phenoxy) is 1. The summed E-state index contributed by atoms with van der Waals surface area (Å²) in [5.41, 5.74) is 2.66. The van der Waals surface area contributed by atoms with Gasteiger partial charge >= 0.3 is 0 Å². The van der Waals surface area contributed by atoms with E-state index in [-0.39, 0.29) is 24.0 Å². The number of amides is 1. The predicted octanol–water partition coefficient (Wildman–Crippen LogP) is 4.95. The smallest absolute Gasteiger partial charge is 0.257 e. The number of aliphatic hydroxyl groups is 1. The third-order valence-corrected chi connectivity index (χ3v) is 6.82. The normalized spacial score (nSPS) is 13.0. The Hall–Kier alpha value is -2.65. The van der Waals surface area contributed by atoms with E-state index < -0.39 is 21.5 Å². The number of hydrogen-bond donors (Lipinski definition) is 2. The summed E-state index contributed by atoms with van der Waals surface area (Å²) in [5, 5.41) is 14.0. The van der Waals surface area contributed by atoms with Crippen LogP contribution in [-0.2, 0) is 21.1 Å². The Balaban J connectivity index is 1.94. The Morgan fingerprint density at radius 2 is 1.77 bits per heavy atom. The number of benzene rings is 2. The van der Waals surface area contributed by atoms with Crippen LogP contribution in [0.3, 0.4) is 0 Å². The highest BCUT2D eigenvalue weighted by Gasteiger charge is 2.23. The molecule has 1 atom stereocenters. The van der Waals surface area contributed by atoms with Crippen molar-refractivity contribution in [3.8, 4) is 11.3 Å². The van der Waals surface area contributed by atoms with Gasteiger partial charge in [0.2, 0.25) is 0 Å². The summed E-state index contributed by atoms with van der Waals surface area (Å²) in [7, 11) is -3.33. The van der Waals surface area contributed by atoms with E-state index in [1.807, 2.05) is 50.5 Å². The van der Waals surface area contributed by atoms with Gasteiger partial charge < -0.3 is 19.7 Å². The lowest BCUT2D eigenvalue weighted by Gasteiger charge is -2.23. The maximum atomic E-state index is 13.2. The number of hydrogen-bond acceptors (Lipinski definition) is 5. The van der Waals surface area contributed by atoms with E-state index in [1.54, 1.807) is 24.4 Å². The van der Waals surface area contributed by atoms with E-state index >= 15 is 0 Å². The Labute approximate surface area is 211 Å². The topological polar surface area (TPSA) is 97.6 Å². The maximum absolute atomic E-state index is 13.2. The first-order valence-corrected chi connectivity index (χ1v) is 13.4. The maximum Gasteiger partial charge on any atom is 0.257 e. The lowest BCUT2D eigenvalue weighted by Crippen LogP contribution is -2.29. The molecule has 0 aliphatic heterocycles. The summed E-state index contributed by atoms with van der Waals surface area (Å²) in [4.78, 5) is 13.4. The van der Waals surface area contributed by atoms with E-state index in [0.29, 0.717) is 21.8 Å². The molecular formula is C26H31ClN2O5S. The van der Waals surface area contributed by atoms with E-state index in [4.69, 9.17) is 16.3 Å². The minimum absolute atomic E-state index is 0.136. The van der Waals surface area contributed by atoms with Gasteiger partial charge in [0.1, 0.15) is 0 Å². The van der Waals surface area contributed by atoms with Crippen molar-refractivity contribution in [3.63, 3.8) is 0 Å². The summed E-state index contributed by atoms with van der Waals surface area (Å²) in [5.74, 6) is -0.359. The van der Waals surface area contributed by atoms with Crippen LogP contribution in [0.4, 0.5) is 5.69 Å². The number of aromatic nitrogens is 1. The fourth-order valence-electron chi connectivity index (χ4n) is 3.65. The van der Waals surface area contributed by atoms with Crippen LogP contribution in [0.15, 0.2) is 59.6 Å². The van der Waals surface area contributed by atoms with Gasteiger partial charge in [-0.2, -0.15) is 0 Å². The molecule has 0 aliphatic rings. The van der Waals surface area contributed by atoms with Gasteiger partial charge in [0, 0.05) is 28.7 Å². The lowest BCUT2D eigenvalue weighted by molar-refractivity contribution is -0.0523. The third kappa shape index (κ3) is 6.95. The Morgan fingerprint density at radius 3 is 2.34 bits per heavy atom. The first kappa shape index (κ1) is 26.9. The van der Waals surface area contributed by atoms with Crippen molar-refractivity contribution >= 4 is 33.0 Å². The molecule has 0 bridgehead atoms. The molecule has 3 rings (SSSR count). The van der Waals surface area contributed by atoms with Gasteiger partial charge in [0.15, 0.2) is 9.84 Å². The van der Waals surface area contributed by atoms with Crippen LogP contribution < -0.4 is 5.32 Å². The molecule has 3 aromatic rings. The number of carbonyl (C=O) groups is 1. The zero-order chi connectivity index (χ0) is 26.0. The number of sulfone groups is 1. The van der Waals surface area contributed by atoms with E-state index in [0.717, 1.165) is 17.5 Å². The van der Waals surface area contributed by atoms with Gasteiger partial charge in [-0.25, -0.2) is 8.42 Å². The molecule has 2 aromatic carbocycles. The summed E-state index contributed by atoms with van der Waals surface area (Å²) in [6.45, 7) is 7.92. The molecule has 0 radical (unpaired) electrons. The van der Waals surface area contributed by atoms with Gasteiger partial charge in [-0.3, -0.25) is 4.79 Å². The van der Waals surface area contributed by atoms with Crippen LogP contribution in [0.1, 0.15) is 36.7 Å². The number of carbonyl (C=O) groups excluding carboxylic acids is 1. The van der Waals surface area contributed by atoms with Crippen molar-refractivity contribution in [2.45, 2.75) is 50.8 Å². The highest BCUT2D eigenvalue weighted by molar-refractivity contribution is 7.90. The van der Waals surface area contributed by atoms with Crippen LogP contribution in [0.25, 0.3) is 11.3 Å². The Morgan fingerprint density at radius 1 is 1.14 bits per heavy atom. The molecule has 35 heavy (non-hydrogen) atoms. The van der Waals surface area contributed by atoms with Crippen molar-refractivity contribution in [2.75, 3.05) is 18.2 Å². The van der Waals surface area contributed by atoms with Crippen molar-refractivity contribution < 1.29 is 23.1 Å². The molecule has 1 aromatic heterocycles. The lowest BCUT2D eigenvalue weighted by atomic mass is 10.1. The van der Waals surface area contributed by atoms with Gasteiger partial charge in [0.25, 0.3) is 5.91 Å². The molecule has 1 unspecified atom stereocenters. The second-order valence-electron chi connectivity index (χ2n) is 9.48. The number of rotatable bonds is 8. The number of halogens is 1. The van der Waals surface area contributed by atoms with E-state index in [9.17, 15) is 18.3 Å². The molecule has 188 valence electrons. The molecule has 7 nitrogen and oxygen atoms in total. The monoisotopic (exact) mass is 518 g/mol. The summed E-state index contributed by atoms with van der Waals surface area (Å²) < 4.78 is 30.9. The third-order valence-electron chi connectivity index (χ3n) is 5.36.